The molecule has 4 unspecified atom stereocenters. The summed E-state index contributed by atoms with van der Waals surface area (Å²) in [5.41, 5.74) is 24.3. The second-order valence-electron chi connectivity index (χ2n) is 28.7. The van der Waals surface area contributed by atoms with Crippen molar-refractivity contribution in [1.29, 1.82) is 0 Å². The number of rotatable bonds is 4. The van der Waals surface area contributed by atoms with Gasteiger partial charge in [0.1, 0.15) is 0 Å². The van der Waals surface area contributed by atoms with E-state index in [2.05, 4.69) is 257 Å². The molecule has 13 rings (SSSR count). The molecular formula is C70H80BN3Si. The third-order valence-electron chi connectivity index (χ3n) is 20.4. The molecule has 7 aromatic rings. The first-order chi connectivity index (χ1) is 35.3. The lowest BCUT2D eigenvalue weighted by Crippen LogP contribution is -2.65. The molecule has 6 aliphatic rings. The van der Waals surface area contributed by atoms with Gasteiger partial charge in [-0.25, -0.2) is 0 Å². The molecule has 3 nitrogen and oxygen atoms in total. The van der Waals surface area contributed by atoms with E-state index in [0.717, 1.165) is 25.7 Å². The van der Waals surface area contributed by atoms with Crippen molar-refractivity contribution < 1.29 is 0 Å². The molecule has 0 N–H and O–H groups in total. The highest BCUT2D eigenvalue weighted by atomic mass is 28.3. The summed E-state index contributed by atoms with van der Waals surface area (Å²) in [7, 11) is -1.86. The highest BCUT2D eigenvalue weighted by Gasteiger charge is 2.65. The van der Waals surface area contributed by atoms with Crippen molar-refractivity contribution in [2.24, 2.45) is 0 Å². The summed E-state index contributed by atoms with van der Waals surface area (Å²) in [6.45, 7) is 37.1. The highest BCUT2D eigenvalue weighted by molar-refractivity contribution is 7.01. The Hall–Kier alpha value is -5.78. The van der Waals surface area contributed by atoms with Crippen LogP contribution in [-0.4, -0.2) is 20.3 Å². The average molecular weight is 1000 g/mol. The summed E-state index contributed by atoms with van der Waals surface area (Å²) >= 11 is 0. The maximum Gasteiger partial charge on any atom is 0.252 e. The Morgan fingerprint density at radius 3 is 1.87 bits per heavy atom. The van der Waals surface area contributed by atoms with Crippen LogP contribution in [0, 0.1) is 0 Å². The third kappa shape index (κ3) is 6.52. The van der Waals surface area contributed by atoms with E-state index in [-0.39, 0.29) is 44.9 Å². The van der Waals surface area contributed by atoms with E-state index in [9.17, 15) is 0 Å². The van der Waals surface area contributed by atoms with Crippen LogP contribution in [0.2, 0.25) is 19.6 Å². The van der Waals surface area contributed by atoms with Gasteiger partial charge in [-0.1, -0.05) is 210 Å². The Kier molecular flexibility index (Phi) is 10.2. The molecule has 0 saturated heterocycles. The summed E-state index contributed by atoms with van der Waals surface area (Å²) in [4.78, 5) is 8.58. The van der Waals surface area contributed by atoms with Crippen LogP contribution >= 0.6 is 0 Å². The Bertz CT molecular complexity index is 3530. The van der Waals surface area contributed by atoms with E-state index < -0.39 is 8.07 Å². The minimum absolute atomic E-state index is 0.0189. The largest absolute Gasteiger partial charge is 0.335 e. The molecule has 4 atom stereocenters. The Balaban J connectivity index is 1.21. The van der Waals surface area contributed by atoms with E-state index in [0.29, 0.717) is 0 Å². The minimum atomic E-state index is -1.86. The smallest absolute Gasteiger partial charge is 0.252 e. The van der Waals surface area contributed by atoms with E-state index in [4.69, 9.17) is 0 Å². The van der Waals surface area contributed by atoms with Gasteiger partial charge in [-0.2, -0.15) is 0 Å². The zero-order valence-corrected chi connectivity index (χ0v) is 48.9. The van der Waals surface area contributed by atoms with E-state index >= 15 is 0 Å². The van der Waals surface area contributed by atoms with Crippen LogP contribution in [0.1, 0.15) is 160 Å². The van der Waals surface area contributed by atoms with E-state index in [1.165, 1.54) is 108 Å². The van der Waals surface area contributed by atoms with Crippen molar-refractivity contribution in [1.82, 2.24) is 0 Å². The summed E-state index contributed by atoms with van der Waals surface area (Å²) in [5, 5.41) is 1.57. The van der Waals surface area contributed by atoms with Gasteiger partial charge in [-0.05, 0) is 153 Å². The van der Waals surface area contributed by atoms with Gasteiger partial charge in [-0.3, -0.25) is 0 Å². The first kappa shape index (κ1) is 48.8. The summed E-state index contributed by atoms with van der Waals surface area (Å²) in [6.07, 6.45) is 6.86. The molecule has 0 spiro atoms. The molecule has 75 heavy (non-hydrogen) atoms. The predicted molar refractivity (Wildman–Crippen MR) is 326 cm³/mol. The number of anilines is 7. The van der Waals surface area contributed by atoms with Crippen LogP contribution in [0.25, 0.3) is 0 Å². The van der Waals surface area contributed by atoms with Crippen molar-refractivity contribution in [2.75, 3.05) is 14.7 Å². The van der Waals surface area contributed by atoms with E-state index in [1.807, 2.05) is 0 Å². The second kappa shape index (κ2) is 15.7. The van der Waals surface area contributed by atoms with Crippen molar-refractivity contribution in [3.63, 3.8) is 0 Å². The number of nitrogens with zero attached hydrogens (tertiary/aromatic N) is 3. The fourth-order valence-corrected chi connectivity index (χ4v) is 17.1. The molecule has 4 aliphatic heterocycles. The van der Waals surface area contributed by atoms with Crippen LogP contribution in [0.15, 0.2) is 140 Å². The number of fused-ring (bicyclic) bond motifs is 12. The minimum Gasteiger partial charge on any atom is -0.335 e. The summed E-state index contributed by atoms with van der Waals surface area (Å²) in [5.74, 6) is 0. The molecule has 1 saturated carbocycles. The molecule has 382 valence electrons. The van der Waals surface area contributed by atoms with Gasteiger partial charge >= 0.3 is 0 Å². The molecule has 4 heterocycles. The predicted octanol–water partition coefficient (Wildman–Crippen LogP) is 15.8. The number of hydrogen-bond donors (Lipinski definition) is 0. The third-order valence-corrected chi connectivity index (χ3v) is 22.4. The second-order valence-corrected chi connectivity index (χ2v) is 33.7. The summed E-state index contributed by atoms with van der Waals surface area (Å²) < 4.78 is 0. The van der Waals surface area contributed by atoms with Crippen molar-refractivity contribution in [2.45, 2.75) is 179 Å². The topological polar surface area (TPSA) is 9.72 Å². The zero-order valence-electron chi connectivity index (χ0n) is 47.9. The van der Waals surface area contributed by atoms with Crippen molar-refractivity contribution in [3.05, 3.63) is 184 Å². The van der Waals surface area contributed by atoms with Gasteiger partial charge in [0.05, 0.1) is 19.2 Å². The maximum absolute atomic E-state index is 2.99. The number of benzene rings is 7. The van der Waals surface area contributed by atoms with Crippen molar-refractivity contribution >= 4 is 76.2 Å². The molecule has 0 aromatic heterocycles. The van der Waals surface area contributed by atoms with Gasteiger partial charge in [-0.15, -0.1) is 0 Å². The molecule has 2 aliphatic carbocycles. The zero-order chi connectivity index (χ0) is 52.8. The Labute approximate surface area is 451 Å². The van der Waals surface area contributed by atoms with Crippen LogP contribution in [0.3, 0.4) is 0 Å². The fraction of sp³-hybridized carbons (Fsp3) is 0.400. The molecule has 0 amide bonds. The molecular weight excluding hydrogens is 922 g/mol. The van der Waals surface area contributed by atoms with Gasteiger partial charge in [0, 0.05) is 50.6 Å². The number of aryl methyl sites for hydroxylation is 1. The standard InChI is InChI=1S/C70H80BN3Si/c1-64(2,3)47-27-23-28-50(38-47)72-59-40-49(66(7,8)9)30-32-56(59)71-57-44-52(75(13,14)15)43-55-63(57)74(68(11)35-21-22-36-70(55,68)46-25-17-16-18-26-46)61-42-51(41-60(72)62(61)71)73-58-33-31-48(65(4,5)6)39-54(58)67(10)37-34-45-24-19-20-29-53(45)69(67,73)12/h16-20,23-33,38-44H,21-22,34-37H2,1-15H3. The lowest BCUT2D eigenvalue weighted by Gasteiger charge is -2.55. The fourth-order valence-electron chi connectivity index (χ4n) is 16.0. The Morgan fingerprint density at radius 1 is 0.493 bits per heavy atom. The lowest BCUT2D eigenvalue weighted by molar-refractivity contribution is 0.215. The quantitative estimate of drug-likeness (QED) is 0.163. The van der Waals surface area contributed by atoms with E-state index in [1.54, 1.807) is 10.8 Å². The van der Waals surface area contributed by atoms with Crippen LogP contribution < -0.4 is 36.3 Å². The Morgan fingerprint density at radius 2 is 1.15 bits per heavy atom. The maximum atomic E-state index is 2.99. The van der Waals surface area contributed by atoms with Gasteiger partial charge in [0.25, 0.3) is 6.71 Å². The van der Waals surface area contributed by atoms with Gasteiger partial charge < -0.3 is 14.7 Å². The lowest BCUT2D eigenvalue weighted by atomic mass is 9.33. The molecule has 0 radical (unpaired) electrons. The highest BCUT2D eigenvalue weighted by Crippen LogP contribution is 2.67. The molecule has 5 heteroatoms. The monoisotopic (exact) mass is 1000 g/mol. The molecule has 7 aromatic carbocycles. The molecule has 0 bridgehead atoms. The first-order valence-electron chi connectivity index (χ1n) is 28.6. The molecule has 1 fully saturated rings. The average Bonchev–Trinajstić information content (AvgIpc) is 3.78. The number of hydrogen-bond acceptors (Lipinski definition) is 3. The van der Waals surface area contributed by atoms with Crippen LogP contribution in [-0.2, 0) is 39.0 Å². The first-order valence-corrected chi connectivity index (χ1v) is 32.1. The van der Waals surface area contributed by atoms with Crippen LogP contribution in [0.5, 0.6) is 0 Å². The summed E-state index contributed by atoms with van der Waals surface area (Å²) in [6, 6.07) is 56.9. The van der Waals surface area contributed by atoms with Gasteiger partial charge in [0.2, 0.25) is 0 Å². The normalized spacial score (nSPS) is 24.3. The SMILES string of the molecule is CC(C)(C)c1cccc(N2c3cc(C(C)(C)C)ccc3B3c4cc([Si](C)(C)C)cc5c4N(c4cc(N6c7ccc(C(C)(C)C)cc7C7(C)CCc8ccccc8C67C)cc2c43)C2(C)CCCCC52c2ccccc2)c1. The van der Waals surface area contributed by atoms with Gasteiger partial charge in [0.15, 0.2) is 0 Å². The van der Waals surface area contributed by atoms with Crippen molar-refractivity contribution in [3.8, 4) is 0 Å². The van der Waals surface area contributed by atoms with Crippen LogP contribution in [0.4, 0.5) is 39.8 Å².